The first kappa shape index (κ1) is 20.8. The average molecular weight is 413 g/mol. The molecule has 0 bridgehead atoms. The minimum absolute atomic E-state index is 0.159. The summed E-state index contributed by atoms with van der Waals surface area (Å²) in [7, 11) is -2.04. The van der Waals surface area contributed by atoms with Gasteiger partial charge in [0.15, 0.2) is 5.69 Å². The number of carbonyl (C=O) groups excluding carboxylic acids is 1. The first-order valence-corrected chi connectivity index (χ1v) is 10.6. The van der Waals surface area contributed by atoms with Crippen molar-refractivity contribution >= 4 is 21.6 Å². The SMILES string of the molecule is Cc1oc(-c2ccccc2)nc1C(=O)Nc1ccc(S(=O)(=O)N(C)C(C)C)cc1. The van der Waals surface area contributed by atoms with Crippen LogP contribution in [0.3, 0.4) is 0 Å². The van der Waals surface area contributed by atoms with Crippen molar-refractivity contribution < 1.29 is 17.6 Å². The topological polar surface area (TPSA) is 92.5 Å². The van der Waals surface area contributed by atoms with Crippen molar-refractivity contribution in [1.29, 1.82) is 0 Å². The highest BCUT2D eigenvalue weighted by molar-refractivity contribution is 7.89. The van der Waals surface area contributed by atoms with Gasteiger partial charge in [-0.1, -0.05) is 18.2 Å². The Bertz CT molecular complexity index is 1100. The van der Waals surface area contributed by atoms with Gasteiger partial charge in [0.2, 0.25) is 15.9 Å². The molecule has 0 aliphatic carbocycles. The number of nitrogens with one attached hydrogen (secondary N) is 1. The average Bonchev–Trinajstić information content (AvgIpc) is 3.10. The summed E-state index contributed by atoms with van der Waals surface area (Å²) in [5.74, 6) is 0.342. The lowest BCUT2D eigenvalue weighted by atomic mass is 10.2. The molecule has 152 valence electrons. The van der Waals surface area contributed by atoms with Crippen molar-refractivity contribution in [2.45, 2.75) is 31.7 Å². The van der Waals surface area contributed by atoms with Gasteiger partial charge in [-0.05, 0) is 57.2 Å². The second-order valence-electron chi connectivity index (χ2n) is 6.88. The van der Waals surface area contributed by atoms with Crippen LogP contribution in [0.2, 0.25) is 0 Å². The second-order valence-corrected chi connectivity index (χ2v) is 8.88. The highest BCUT2D eigenvalue weighted by atomic mass is 32.2. The summed E-state index contributed by atoms with van der Waals surface area (Å²) in [5.41, 5.74) is 1.42. The lowest BCUT2D eigenvalue weighted by molar-refractivity contribution is 0.102. The van der Waals surface area contributed by atoms with Crippen LogP contribution < -0.4 is 5.32 Å². The Balaban J connectivity index is 1.78. The summed E-state index contributed by atoms with van der Waals surface area (Å²) in [6.45, 7) is 5.28. The predicted molar refractivity (Wildman–Crippen MR) is 111 cm³/mol. The standard InChI is InChI=1S/C21H23N3O4S/c1-14(2)24(4)29(26,27)18-12-10-17(11-13-18)22-20(25)19-15(3)28-21(23-19)16-8-6-5-7-9-16/h5-14H,1-4H3,(H,22,25). The highest BCUT2D eigenvalue weighted by Gasteiger charge is 2.23. The summed E-state index contributed by atoms with van der Waals surface area (Å²) < 4.78 is 32.0. The van der Waals surface area contributed by atoms with Crippen molar-refractivity contribution in [3.05, 3.63) is 66.1 Å². The van der Waals surface area contributed by atoms with E-state index >= 15 is 0 Å². The molecule has 3 aromatic rings. The minimum atomic E-state index is -3.58. The first-order chi connectivity index (χ1) is 13.7. The van der Waals surface area contributed by atoms with Crippen LogP contribution in [0, 0.1) is 6.92 Å². The van der Waals surface area contributed by atoms with Crippen LogP contribution in [0.25, 0.3) is 11.5 Å². The molecule has 1 heterocycles. The maximum atomic E-state index is 12.6. The summed E-state index contributed by atoms with van der Waals surface area (Å²) >= 11 is 0. The first-order valence-electron chi connectivity index (χ1n) is 9.12. The van der Waals surface area contributed by atoms with E-state index in [0.717, 1.165) is 5.56 Å². The zero-order valence-corrected chi connectivity index (χ0v) is 17.5. The smallest absolute Gasteiger partial charge is 0.277 e. The van der Waals surface area contributed by atoms with Gasteiger partial charge in [-0.25, -0.2) is 13.4 Å². The number of hydrogen-bond acceptors (Lipinski definition) is 5. The number of anilines is 1. The summed E-state index contributed by atoms with van der Waals surface area (Å²) in [4.78, 5) is 17.1. The molecule has 0 fully saturated rings. The third kappa shape index (κ3) is 4.38. The molecule has 29 heavy (non-hydrogen) atoms. The fourth-order valence-corrected chi connectivity index (χ4v) is 4.02. The van der Waals surface area contributed by atoms with Crippen LogP contribution in [-0.2, 0) is 10.0 Å². The van der Waals surface area contributed by atoms with Crippen LogP contribution in [0.4, 0.5) is 5.69 Å². The molecule has 0 spiro atoms. The van der Waals surface area contributed by atoms with E-state index in [4.69, 9.17) is 4.42 Å². The minimum Gasteiger partial charge on any atom is -0.441 e. The maximum absolute atomic E-state index is 12.6. The molecule has 1 aromatic heterocycles. The van der Waals surface area contributed by atoms with Gasteiger partial charge in [0.25, 0.3) is 5.91 Å². The number of sulfonamides is 1. The van der Waals surface area contributed by atoms with Crippen LogP contribution in [0.15, 0.2) is 63.9 Å². The van der Waals surface area contributed by atoms with E-state index in [1.54, 1.807) is 32.9 Å². The Morgan fingerprint density at radius 3 is 2.28 bits per heavy atom. The monoisotopic (exact) mass is 413 g/mol. The zero-order chi connectivity index (χ0) is 21.2. The molecule has 3 rings (SSSR count). The number of aromatic nitrogens is 1. The number of rotatable bonds is 6. The second kappa shape index (κ2) is 8.18. The fourth-order valence-electron chi connectivity index (χ4n) is 2.66. The Kier molecular flexibility index (Phi) is 5.86. The molecule has 0 aliphatic rings. The van der Waals surface area contributed by atoms with E-state index in [-0.39, 0.29) is 16.6 Å². The number of carbonyl (C=O) groups is 1. The highest BCUT2D eigenvalue weighted by Crippen LogP contribution is 2.23. The number of hydrogen-bond donors (Lipinski definition) is 1. The Morgan fingerprint density at radius 1 is 1.07 bits per heavy atom. The van der Waals surface area contributed by atoms with E-state index in [2.05, 4.69) is 10.3 Å². The molecule has 1 amide bonds. The molecule has 0 unspecified atom stereocenters. The van der Waals surface area contributed by atoms with E-state index in [9.17, 15) is 13.2 Å². The Labute approximate surface area is 170 Å². The van der Waals surface area contributed by atoms with Crippen molar-refractivity contribution in [2.75, 3.05) is 12.4 Å². The van der Waals surface area contributed by atoms with E-state index in [1.807, 2.05) is 30.3 Å². The van der Waals surface area contributed by atoms with Crippen molar-refractivity contribution in [3.63, 3.8) is 0 Å². The van der Waals surface area contributed by atoms with Crippen LogP contribution in [-0.4, -0.2) is 36.7 Å². The van der Waals surface area contributed by atoms with Crippen molar-refractivity contribution in [1.82, 2.24) is 9.29 Å². The lowest BCUT2D eigenvalue weighted by Gasteiger charge is -2.21. The van der Waals surface area contributed by atoms with E-state index < -0.39 is 15.9 Å². The molecule has 2 aromatic carbocycles. The van der Waals surface area contributed by atoms with Gasteiger partial charge < -0.3 is 9.73 Å². The van der Waals surface area contributed by atoms with Gasteiger partial charge in [0, 0.05) is 24.3 Å². The summed E-state index contributed by atoms with van der Waals surface area (Å²) in [6, 6.07) is 15.2. The molecule has 0 atom stereocenters. The van der Waals surface area contributed by atoms with Crippen molar-refractivity contribution in [3.8, 4) is 11.5 Å². The van der Waals surface area contributed by atoms with Crippen molar-refractivity contribution in [2.24, 2.45) is 0 Å². The quantitative estimate of drug-likeness (QED) is 0.661. The fraction of sp³-hybridized carbons (Fsp3) is 0.238. The molecule has 0 saturated heterocycles. The van der Waals surface area contributed by atoms with Gasteiger partial charge in [0.05, 0.1) is 4.90 Å². The normalized spacial score (nSPS) is 11.8. The summed E-state index contributed by atoms with van der Waals surface area (Å²) in [5, 5.41) is 2.72. The lowest BCUT2D eigenvalue weighted by Crippen LogP contribution is -2.33. The van der Waals surface area contributed by atoms with Gasteiger partial charge in [-0.15, -0.1) is 0 Å². The molecule has 0 radical (unpaired) electrons. The zero-order valence-electron chi connectivity index (χ0n) is 16.7. The molecular formula is C21H23N3O4S. The largest absolute Gasteiger partial charge is 0.441 e. The molecule has 1 N–H and O–H groups in total. The van der Waals surface area contributed by atoms with Gasteiger partial charge in [-0.2, -0.15) is 4.31 Å². The maximum Gasteiger partial charge on any atom is 0.277 e. The van der Waals surface area contributed by atoms with Gasteiger partial charge in [0.1, 0.15) is 5.76 Å². The molecular weight excluding hydrogens is 390 g/mol. The van der Waals surface area contributed by atoms with Crippen LogP contribution in [0.5, 0.6) is 0 Å². The third-order valence-electron chi connectivity index (χ3n) is 4.55. The van der Waals surface area contributed by atoms with Crippen LogP contribution in [0.1, 0.15) is 30.1 Å². The number of benzene rings is 2. The number of nitrogens with zero attached hydrogens (tertiary/aromatic N) is 2. The molecule has 8 heteroatoms. The molecule has 0 aliphatic heterocycles. The summed E-state index contributed by atoms with van der Waals surface area (Å²) in [6.07, 6.45) is 0. The number of aryl methyl sites for hydroxylation is 1. The molecule has 0 saturated carbocycles. The third-order valence-corrected chi connectivity index (χ3v) is 6.60. The predicted octanol–water partition coefficient (Wildman–Crippen LogP) is 3.93. The van der Waals surface area contributed by atoms with Gasteiger partial charge >= 0.3 is 0 Å². The van der Waals surface area contributed by atoms with E-state index in [0.29, 0.717) is 17.3 Å². The Morgan fingerprint density at radius 2 is 1.69 bits per heavy atom. The van der Waals surface area contributed by atoms with Crippen LogP contribution >= 0.6 is 0 Å². The number of oxazole rings is 1. The van der Waals surface area contributed by atoms with E-state index in [1.165, 1.54) is 23.5 Å². The Hall–Kier alpha value is -2.97. The number of amides is 1. The van der Waals surface area contributed by atoms with Gasteiger partial charge in [-0.3, -0.25) is 4.79 Å². The molecule has 7 nitrogen and oxygen atoms in total.